The van der Waals surface area contributed by atoms with Crippen LogP contribution in [0, 0.1) is 5.82 Å². The summed E-state index contributed by atoms with van der Waals surface area (Å²) in [5.74, 6) is 1.26. The lowest BCUT2D eigenvalue weighted by atomic mass is 9.96. The lowest BCUT2D eigenvalue weighted by Gasteiger charge is -2.43. The van der Waals surface area contributed by atoms with E-state index in [0.29, 0.717) is 58.2 Å². The van der Waals surface area contributed by atoms with Gasteiger partial charge in [0.25, 0.3) is 0 Å². The van der Waals surface area contributed by atoms with Gasteiger partial charge < -0.3 is 28.6 Å². The smallest absolute Gasteiger partial charge is 0.225 e. The van der Waals surface area contributed by atoms with Crippen LogP contribution in [-0.4, -0.2) is 89.4 Å². The number of halogens is 1. The summed E-state index contributed by atoms with van der Waals surface area (Å²) >= 11 is 0. The fourth-order valence-corrected chi connectivity index (χ4v) is 4.63. The first-order valence-corrected chi connectivity index (χ1v) is 12.5. The fourth-order valence-electron chi connectivity index (χ4n) is 4.63. The zero-order valence-electron chi connectivity index (χ0n) is 21.0. The van der Waals surface area contributed by atoms with Crippen LogP contribution in [-0.2, 0) is 25.6 Å². The Morgan fingerprint density at radius 1 is 1.08 bits per heavy atom. The van der Waals surface area contributed by atoms with E-state index in [2.05, 4.69) is 18.8 Å². The van der Waals surface area contributed by atoms with E-state index >= 15 is 0 Å². The molecule has 2 saturated heterocycles. The molecular formula is C26H35FN4O5. The average molecular weight is 503 g/mol. The number of nitrogens with zero attached hydrogens (tertiary/aromatic N) is 4. The second kappa shape index (κ2) is 11.8. The van der Waals surface area contributed by atoms with Crippen molar-refractivity contribution < 1.29 is 28.2 Å². The molecule has 0 saturated carbocycles. The first-order valence-electron chi connectivity index (χ1n) is 12.5. The molecule has 3 heterocycles. The number of benzene rings is 1. The topological polar surface area (TPSA) is 86.1 Å². The molecule has 9 nitrogen and oxygen atoms in total. The molecule has 4 rings (SSSR count). The van der Waals surface area contributed by atoms with E-state index in [-0.39, 0.29) is 43.1 Å². The Morgan fingerprint density at radius 2 is 1.81 bits per heavy atom. The lowest BCUT2D eigenvalue weighted by molar-refractivity contribution is -0.167. The maximum absolute atomic E-state index is 13.3. The van der Waals surface area contributed by atoms with Gasteiger partial charge >= 0.3 is 0 Å². The van der Waals surface area contributed by atoms with Gasteiger partial charge in [-0.05, 0) is 24.3 Å². The number of hydrogen-bond donors (Lipinski definition) is 0. The Bertz CT molecular complexity index is 1020. The van der Waals surface area contributed by atoms with Crippen LogP contribution in [0.4, 0.5) is 4.39 Å². The van der Waals surface area contributed by atoms with Crippen LogP contribution in [0.5, 0.6) is 5.75 Å². The van der Waals surface area contributed by atoms with Crippen LogP contribution >= 0.6 is 0 Å². The Hall–Kier alpha value is -2.98. The Morgan fingerprint density at radius 3 is 2.53 bits per heavy atom. The van der Waals surface area contributed by atoms with E-state index < -0.39 is 5.60 Å². The second-order valence-corrected chi connectivity index (χ2v) is 9.64. The molecule has 0 spiro atoms. The number of aryl methyl sites for hydroxylation is 1. The van der Waals surface area contributed by atoms with E-state index in [4.69, 9.17) is 14.2 Å². The zero-order chi connectivity index (χ0) is 25.5. The molecule has 36 heavy (non-hydrogen) atoms. The van der Waals surface area contributed by atoms with E-state index in [1.54, 1.807) is 16.0 Å². The molecule has 0 bridgehead atoms. The van der Waals surface area contributed by atoms with Crippen LogP contribution in [0.15, 0.2) is 36.7 Å². The summed E-state index contributed by atoms with van der Waals surface area (Å²) in [6, 6.07) is 5.71. The number of carbonyl (C=O) groups excluding carboxylic acids is 2. The highest BCUT2D eigenvalue weighted by Crippen LogP contribution is 2.26. The number of carbonyl (C=O) groups is 2. The molecule has 1 aromatic heterocycles. The van der Waals surface area contributed by atoms with E-state index in [0.717, 1.165) is 5.82 Å². The normalized spacial score (nSPS) is 20.6. The Labute approximate surface area is 211 Å². The summed E-state index contributed by atoms with van der Waals surface area (Å²) in [4.78, 5) is 34.3. The van der Waals surface area contributed by atoms with Gasteiger partial charge in [-0.15, -0.1) is 0 Å². The summed E-state index contributed by atoms with van der Waals surface area (Å²) in [6.45, 7) is 7.80. The van der Waals surface area contributed by atoms with Crippen molar-refractivity contribution in [3.63, 3.8) is 0 Å². The summed E-state index contributed by atoms with van der Waals surface area (Å²) in [7, 11) is 0. The fraction of sp³-hybridized carbons (Fsp3) is 0.577. The maximum Gasteiger partial charge on any atom is 0.225 e. The van der Waals surface area contributed by atoms with Crippen molar-refractivity contribution in [2.45, 2.75) is 44.8 Å². The van der Waals surface area contributed by atoms with Crippen molar-refractivity contribution in [1.29, 1.82) is 0 Å². The van der Waals surface area contributed by atoms with Gasteiger partial charge in [-0.3, -0.25) is 9.59 Å². The number of rotatable bonds is 9. The van der Waals surface area contributed by atoms with Crippen LogP contribution in [0.2, 0.25) is 0 Å². The summed E-state index contributed by atoms with van der Waals surface area (Å²) in [5, 5.41) is 0. The lowest BCUT2D eigenvalue weighted by Crippen LogP contribution is -2.58. The van der Waals surface area contributed by atoms with Crippen molar-refractivity contribution >= 4 is 11.8 Å². The van der Waals surface area contributed by atoms with E-state index in [9.17, 15) is 14.0 Å². The monoisotopic (exact) mass is 502 g/mol. The standard InChI is InChI=1S/C26H35FN4O5/c1-20(2)25-28-8-10-30(25)9-7-23(32)31-13-16-36-26(18-31,17-24(33)29-11-14-34-15-12-29)19-35-22-5-3-21(27)4-6-22/h3-6,8,10,20H,7,9,11-19H2,1-2H3/t26-/m0/s1. The third kappa shape index (κ3) is 6.61. The minimum absolute atomic E-state index is 0.00770. The predicted octanol–water partition coefficient (Wildman–Crippen LogP) is 2.46. The Kier molecular flexibility index (Phi) is 8.58. The molecule has 0 radical (unpaired) electrons. The number of hydrogen-bond acceptors (Lipinski definition) is 6. The molecule has 0 unspecified atom stereocenters. The van der Waals surface area contributed by atoms with Gasteiger partial charge in [0.2, 0.25) is 11.8 Å². The molecule has 2 aromatic rings. The SMILES string of the molecule is CC(C)c1nccn1CCC(=O)N1CCO[C@@](COc2ccc(F)cc2)(CC(=O)N2CCOCC2)C1. The quantitative estimate of drug-likeness (QED) is 0.524. The van der Waals surface area contributed by atoms with Gasteiger partial charge in [-0.25, -0.2) is 9.37 Å². The van der Waals surface area contributed by atoms with Crippen molar-refractivity contribution in [2.75, 3.05) is 52.6 Å². The number of ether oxygens (including phenoxy) is 3. The molecule has 196 valence electrons. The van der Waals surface area contributed by atoms with Gasteiger partial charge in [-0.1, -0.05) is 13.8 Å². The zero-order valence-corrected chi connectivity index (χ0v) is 21.0. The number of amides is 2. The van der Waals surface area contributed by atoms with Crippen LogP contribution < -0.4 is 4.74 Å². The minimum Gasteiger partial charge on any atom is -0.490 e. The van der Waals surface area contributed by atoms with Gasteiger partial charge in [0.1, 0.15) is 29.6 Å². The van der Waals surface area contributed by atoms with E-state index in [1.165, 1.54) is 24.3 Å². The summed E-state index contributed by atoms with van der Waals surface area (Å²) in [5.41, 5.74) is -1.00. The molecule has 2 aliphatic rings. The molecule has 0 aliphatic carbocycles. The van der Waals surface area contributed by atoms with Crippen molar-refractivity contribution in [1.82, 2.24) is 19.4 Å². The summed E-state index contributed by atoms with van der Waals surface area (Å²) in [6.07, 6.45) is 4.05. The molecule has 1 atom stereocenters. The second-order valence-electron chi connectivity index (χ2n) is 9.64. The van der Waals surface area contributed by atoms with E-state index in [1.807, 2.05) is 10.8 Å². The highest BCUT2D eigenvalue weighted by atomic mass is 19.1. The number of morpholine rings is 2. The molecule has 0 N–H and O–H groups in total. The largest absolute Gasteiger partial charge is 0.490 e. The minimum atomic E-state index is -1.00. The van der Waals surface area contributed by atoms with Gasteiger partial charge in [0.05, 0.1) is 32.8 Å². The molecule has 10 heteroatoms. The number of imidazole rings is 1. The van der Waals surface area contributed by atoms with Crippen LogP contribution in [0.3, 0.4) is 0 Å². The average Bonchev–Trinajstić information content (AvgIpc) is 3.37. The van der Waals surface area contributed by atoms with Gasteiger partial charge in [0.15, 0.2) is 0 Å². The molecular weight excluding hydrogens is 467 g/mol. The molecule has 1 aromatic carbocycles. The first-order chi connectivity index (χ1) is 17.3. The van der Waals surface area contributed by atoms with Gasteiger partial charge in [-0.2, -0.15) is 0 Å². The molecule has 2 amide bonds. The van der Waals surface area contributed by atoms with Crippen LogP contribution in [0.1, 0.15) is 38.4 Å². The predicted molar refractivity (Wildman–Crippen MR) is 130 cm³/mol. The van der Waals surface area contributed by atoms with Crippen molar-refractivity contribution in [3.05, 3.63) is 48.3 Å². The van der Waals surface area contributed by atoms with Gasteiger partial charge in [0, 0.05) is 50.9 Å². The highest BCUT2D eigenvalue weighted by Gasteiger charge is 2.42. The highest BCUT2D eigenvalue weighted by molar-refractivity contribution is 5.79. The summed E-state index contributed by atoms with van der Waals surface area (Å²) < 4.78 is 32.8. The molecule has 2 aliphatic heterocycles. The Balaban J connectivity index is 1.44. The maximum atomic E-state index is 13.3. The molecule has 2 fully saturated rings. The van der Waals surface area contributed by atoms with Crippen molar-refractivity contribution in [3.8, 4) is 5.75 Å². The van der Waals surface area contributed by atoms with Crippen molar-refractivity contribution in [2.24, 2.45) is 0 Å². The third-order valence-corrected chi connectivity index (χ3v) is 6.58. The number of aromatic nitrogens is 2. The third-order valence-electron chi connectivity index (χ3n) is 6.58. The van der Waals surface area contributed by atoms with Crippen LogP contribution in [0.25, 0.3) is 0 Å². The first kappa shape index (κ1) is 26.1.